The van der Waals surface area contributed by atoms with Crippen molar-refractivity contribution in [3.05, 3.63) is 82.0 Å². The standard InChI is InChI=1S/C23H26ClN4OP.2C3H8/c1-5-21-16(4)30-23(13-26-21)27-15(3)20-10-19(8-6-14(20)2)28-22(29)11-18-9-7-17(24)12-25-18;2*1-3-2/h5-10,12-13,15,23,27,30H,4,11H2,1-3H3,(H,28,29);2*3H2,1-2H3/b21-5+;;. The second-order valence-electron chi connectivity index (χ2n) is 8.62. The van der Waals surface area contributed by atoms with Crippen LogP contribution in [0.1, 0.15) is 77.2 Å². The summed E-state index contributed by atoms with van der Waals surface area (Å²) in [7, 11) is 0.555. The van der Waals surface area contributed by atoms with Gasteiger partial charge in [0.25, 0.3) is 0 Å². The zero-order valence-corrected chi connectivity index (χ0v) is 24.5. The molecule has 2 N–H and O–H groups in total. The lowest BCUT2D eigenvalue weighted by atomic mass is 10.0. The molecule has 0 spiro atoms. The molecule has 196 valence electrons. The van der Waals surface area contributed by atoms with Crippen molar-refractivity contribution in [3.8, 4) is 0 Å². The molecule has 0 saturated heterocycles. The van der Waals surface area contributed by atoms with Crippen LogP contribution in [0, 0.1) is 6.92 Å². The van der Waals surface area contributed by atoms with Crippen molar-refractivity contribution in [2.75, 3.05) is 5.32 Å². The zero-order chi connectivity index (χ0) is 27.1. The van der Waals surface area contributed by atoms with E-state index in [1.54, 1.807) is 18.3 Å². The van der Waals surface area contributed by atoms with Gasteiger partial charge in [0, 0.05) is 29.8 Å². The molecular formula is C29H42ClN4OP. The highest BCUT2D eigenvalue weighted by molar-refractivity contribution is 7.45. The van der Waals surface area contributed by atoms with Crippen molar-refractivity contribution in [2.45, 2.75) is 79.6 Å². The lowest BCUT2D eigenvalue weighted by Crippen LogP contribution is -2.31. The average molecular weight is 529 g/mol. The molecule has 1 amide bonds. The van der Waals surface area contributed by atoms with E-state index in [1.165, 1.54) is 12.8 Å². The van der Waals surface area contributed by atoms with E-state index in [2.05, 4.69) is 68.7 Å². The van der Waals surface area contributed by atoms with Crippen molar-refractivity contribution in [1.82, 2.24) is 10.3 Å². The number of carbonyl (C=O) groups is 1. The molecule has 0 saturated carbocycles. The third-order valence-corrected chi connectivity index (χ3v) is 6.32. The number of nitrogens with one attached hydrogen (secondary N) is 2. The average Bonchev–Trinajstić information content (AvgIpc) is 2.83. The third kappa shape index (κ3) is 11.2. The normalized spacial score (nSPS) is 17.1. The van der Waals surface area contributed by atoms with E-state index in [4.69, 9.17) is 11.6 Å². The highest BCUT2D eigenvalue weighted by Crippen LogP contribution is 2.37. The number of carbonyl (C=O) groups excluding carboxylic acids is 1. The Hall–Kier alpha value is -2.33. The van der Waals surface area contributed by atoms with Crippen LogP contribution in [0.3, 0.4) is 0 Å². The van der Waals surface area contributed by atoms with Gasteiger partial charge in [0.2, 0.25) is 5.91 Å². The quantitative estimate of drug-likeness (QED) is 0.371. The van der Waals surface area contributed by atoms with E-state index < -0.39 is 0 Å². The maximum absolute atomic E-state index is 12.4. The molecular weight excluding hydrogens is 487 g/mol. The maximum Gasteiger partial charge on any atom is 0.230 e. The second kappa shape index (κ2) is 17.2. The molecule has 0 bridgehead atoms. The largest absolute Gasteiger partial charge is 0.326 e. The number of pyridine rings is 1. The summed E-state index contributed by atoms with van der Waals surface area (Å²) < 4.78 is 0. The minimum absolute atomic E-state index is 0.101. The monoisotopic (exact) mass is 528 g/mol. The van der Waals surface area contributed by atoms with Crippen molar-refractivity contribution in [1.29, 1.82) is 0 Å². The number of aromatic nitrogens is 1. The van der Waals surface area contributed by atoms with Crippen LogP contribution in [-0.4, -0.2) is 22.9 Å². The Morgan fingerprint density at radius 2 is 1.86 bits per heavy atom. The molecule has 1 aliphatic heterocycles. The molecule has 3 rings (SSSR count). The van der Waals surface area contributed by atoms with Crippen LogP contribution in [0.15, 0.2) is 65.2 Å². The summed E-state index contributed by atoms with van der Waals surface area (Å²) in [6.07, 6.45) is 8.19. The summed E-state index contributed by atoms with van der Waals surface area (Å²) in [5.74, 6) is 0.0427. The number of anilines is 1. The van der Waals surface area contributed by atoms with Crippen LogP contribution in [0.2, 0.25) is 5.02 Å². The lowest BCUT2D eigenvalue weighted by Gasteiger charge is -2.26. The molecule has 1 aromatic carbocycles. The first-order chi connectivity index (χ1) is 17.2. The van der Waals surface area contributed by atoms with Crippen LogP contribution in [0.25, 0.3) is 0 Å². The Bertz CT molecular complexity index is 1030. The van der Waals surface area contributed by atoms with E-state index in [9.17, 15) is 4.79 Å². The van der Waals surface area contributed by atoms with Gasteiger partial charge in [0.1, 0.15) is 0 Å². The van der Waals surface area contributed by atoms with Crippen LogP contribution in [-0.2, 0) is 11.2 Å². The predicted molar refractivity (Wildman–Crippen MR) is 160 cm³/mol. The number of halogens is 1. The molecule has 3 atom stereocenters. The predicted octanol–water partition coefficient (Wildman–Crippen LogP) is 8.21. The number of amides is 1. The molecule has 0 radical (unpaired) electrons. The number of rotatable bonds is 6. The molecule has 2 heterocycles. The van der Waals surface area contributed by atoms with Gasteiger partial charge in [0.05, 0.1) is 22.9 Å². The summed E-state index contributed by atoms with van der Waals surface area (Å²) in [4.78, 5) is 21.1. The molecule has 3 unspecified atom stereocenters. The second-order valence-corrected chi connectivity index (χ2v) is 10.6. The van der Waals surface area contributed by atoms with E-state index >= 15 is 0 Å². The Kier molecular flexibility index (Phi) is 15.1. The fraction of sp³-hybridized carbons (Fsp3) is 0.414. The highest BCUT2D eigenvalue weighted by Gasteiger charge is 2.19. The molecule has 2 aromatic rings. The molecule has 1 aliphatic rings. The third-order valence-electron chi connectivity index (χ3n) is 4.86. The van der Waals surface area contributed by atoms with Crippen molar-refractivity contribution >= 4 is 38.0 Å². The summed E-state index contributed by atoms with van der Waals surface area (Å²) in [5, 5.41) is 8.20. The van der Waals surface area contributed by atoms with Gasteiger partial charge in [-0.05, 0) is 61.5 Å². The minimum Gasteiger partial charge on any atom is -0.326 e. The van der Waals surface area contributed by atoms with Gasteiger partial charge in [0.15, 0.2) is 0 Å². The molecule has 7 heteroatoms. The molecule has 0 aliphatic carbocycles. The summed E-state index contributed by atoms with van der Waals surface area (Å²) in [6, 6.07) is 9.56. The van der Waals surface area contributed by atoms with Gasteiger partial charge in [-0.2, -0.15) is 0 Å². The summed E-state index contributed by atoms with van der Waals surface area (Å²) in [5.41, 5.74) is 4.71. The van der Waals surface area contributed by atoms with Gasteiger partial charge in [-0.25, -0.2) is 0 Å². The first-order valence-electron chi connectivity index (χ1n) is 12.6. The van der Waals surface area contributed by atoms with Crippen LogP contribution in [0.4, 0.5) is 5.69 Å². The maximum atomic E-state index is 12.4. The first-order valence-corrected chi connectivity index (χ1v) is 14.1. The number of aliphatic imine (C=N–C) groups is 1. The van der Waals surface area contributed by atoms with Gasteiger partial charge in [-0.1, -0.05) is 79.4 Å². The number of aryl methyl sites for hydroxylation is 1. The fourth-order valence-corrected chi connectivity index (χ4v) is 4.62. The van der Waals surface area contributed by atoms with E-state index in [-0.39, 0.29) is 24.2 Å². The fourth-order valence-electron chi connectivity index (χ4n) is 3.29. The SMILES string of the molecule is C=C1PC(NC(C)c2cc(NC(=O)Cc3ccc(Cl)cn3)ccc2C)C=N/C1=C/C.CCC.CCC. The summed E-state index contributed by atoms with van der Waals surface area (Å²) in [6.45, 7) is 18.8. The number of hydrogen-bond donors (Lipinski definition) is 2. The Morgan fingerprint density at radius 3 is 2.42 bits per heavy atom. The molecule has 5 nitrogen and oxygen atoms in total. The molecule has 0 fully saturated rings. The Morgan fingerprint density at radius 1 is 1.19 bits per heavy atom. The van der Waals surface area contributed by atoms with Gasteiger partial charge >= 0.3 is 0 Å². The number of allylic oxidation sites excluding steroid dienone is 2. The lowest BCUT2D eigenvalue weighted by molar-refractivity contribution is -0.115. The van der Waals surface area contributed by atoms with Gasteiger partial charge in [-0.3, -0.25) is 20.1 Å². The topological polar surface area (TPSA) is 66.4 Å². The van der Waals surface area contributed by atoms with Gasteiger partial charge < -0.3 is 5.32 Å². The van der Waals surface area contributed by atoms with E-state index in [1.807, 2.05) is 37.4 Å². The molecule has 36 heavy (non-hydrogen) atoms. The van der Waals surface area contributed by atoms with Crippen LogP contribution in [0.5, 0.6) is 0 Å². The number of hydrogen-bond acceptors (Lipinski definition) is 4. The van der Waals surface area contributed by atoms with Gasteiger partial charge in [-0.15, -0.1) is 0 Å². The van der Waals surface area contributed by atoms with Crippen LogP contribution < -0.4 is 10.6 Å². The van der Waals surface area contributed by atoms with E-state index in [0.717, 1.165) is 27.8 Å². The minimum atomic E-state index is -0.115. The Labute approximate surface area is 224 Å². The van der Waals surface area contributed by atoms with Crippen molar-refractivity contribution < 1.29 is 4.79 Å². The number of benzene rings is 1. The zero-order valence-electron chi connectivity index (χ0n) is 22.8. The van der Waals surface area contributed by atoms with E-state index in [0.29, 0.717) is 19.3 Å². The molecule has 1 aromatic heterocycles. The smallest absolute Gasteiger partial charge is 0.230 e. The van der Waals surface area contributed by atoms with Crippen molar-refractivity contribution in [2.24, 2.45) is 4.99 Å². The van der Waals surface area contributed by atoms with Crippen LogP contribution >= 0.6 is 20.2 Å². The van der Waals surface area contributed by atoms with Crippen molar-refractivity contribution in [3.63, 3.8) is 0 Å². The highest BCUT2D eigenvalue weighted by atomic mass is 35.5. The number of nitrogens with zero attached hydrogens (tertiary/aromatic N) is 2. The Balaban J connectivity index is 0.000000982. The summed E-state index contributed by atoms with van der Waals surface area (Å²) >= 11 is 5.85. The first kappa shape index (κ1) is 31.7.